The zero-order chi connectivity index (χ0) is 15.9. The van der Waals surface area contributed by atoms with Gasteiger partial charge >= 0.3 is 0 Å². The van der Waals surface area contributed by atoms with Crippen molar-refractivity contribution in [3.05, 3.63) is 17.5 Å². The van der Waals surface area contributed by atoms with Gasteiger partial charge in [-0.15, -0.1) is 0 Å². The van der Waals surface area contributed by atoms with Gasteiger partial charge in [-0.2, -0.15) is 5.10 Å². The van der Waals surface area contributed by atoms with E-state index in [-0.39, 0.29) is 18.4 Å². The van der Waals surface area contributed by atoms with Gasteiger partial charge in [0, 0.05) is 12.1 Å². The molecule has 0 saturated heterocycles. The lowest BCUT2D eigenvalue weighted by Gasteiger charge is -2.21. The molecule has 2 amide bonds. The molecule has 2 rings (SSSR count). The lowest BCUT2D eigenvalue weighted by Crippen LogP contribution is -2.43. The zero-order valence-corrected chi connectivity index (χ0v) is 13.5. The van der Waals surface area contributed by atoms with Crippen molar-refractivity contribution >= 4 is 11.8 Å². The Balaban J connectivity index is 1.65. The van der Waals surface area contributed by atoms with E-state index in [9.17, 15) is 9.59 Å². The van der Waals surface area contributed by atoms with Crippen LogP contribution in [0.25, 0.3) is 0 Å². The van der Waals surface area contributed by atoms with E-state index in [1.807, 2.05) is 19.9 Å². The van der Waals surface area contributed by atoms with Gasteiger partial charge in [0.15, 0.2) is 0 Å². The number of carbonyl (C=O) groups excluding carboxylic acids is 2. The Morgan fingerprint density at radius 1 is 1.18 bits per heavy atom. The molecular formula is C16H26N4O2. The highest BCUT2D eigenvalue weighted by Gasteiger charge is 2.15. The molecule has 0 aromatic carbocycles. The quantitative estimate of drug-likeness (QED) is 0.817. The van der Waals surface area contributed by atoms with Crippen LogP contribution in [0.5, 0.6) is 0 Å². The molecular weight excluding hydrogens is 280 g/mol. The third kappa shape index (κ3) is 5.16. The first-order chi connectivity index (χ1) is 10.5. The molecule has 1 saturated carbocycles. The van der Waals surface area contributed by atoms with Crippen LogP contribution in [0, 0.1) is 19.8 Å². The lowest BCUT2D eigenvalue weighted by molar-refractivity contribution is -0.129. The number of hydrazine groups is 1. The van der Waals surface area contributed by atoms with E-state index >= 15 is 0 Å². The minimum absolute atomic E-state index is 0.114. The monoisotopic (exact) mass is 306 g/mol. The maximum atomic E-state index is 11.8. The standard InChI is InChI=1S/C16H26N4O2/c1-12-10-13(2)20(19-12)11-16(22)18-17-15(21)9-8-14-6-4-3-5-7-14/h10,14H,3-9,11H2,1-2H3,(H,17,21)(H,18,22). The second-order valence-electron chi connectivity index (χ2n) is 6.22. The average molecular weight is 306 g/mol. The Hall–Kier alpha value is -1.85. The van der Waals surface area contributed by atoms with Gasteiger partial charge in [-0.3, -0.25) is 25.1 Å². The van der Waals surface area contributed by atoms with Crippen molar-refractivity contribution in [3.63, 3.8) is 0 Å². The molecule has 0 aliphatic heterocycles. The van der Waals surface area contributed by atoms with Crippen molar-refractivity contribution in [3.8, 4) is 0 Å². The van der Waals surface area contributed by atoms with Crippen molar-refractivity contribution in [2.45, 2.75) is 65.3 Å². The molecule has 6 heteroatoms. The first-order valence-electron chi connectivity index (χ1n) is 8.13. The summed E-state index contributed by atoms with van der Waals surface area (Å²) in [6, 6.07) is 1.91. The smallest absolute Gasteiger partial charge is 0.260 e. The van der Waals surface area contributed by atoms with Crippen LogP contribution in [0.4, 0.5) is 0 Å². The molecule has 122 valence electrons. The number of hydrogen-bond acceptors (Lipinski definition) is 3. The van der Waals surface area contributed by atoms with Crippen LogP contribution in [0.1, 0.15) is 56.3 Å². The molecule has 1 aliphatic carbocycles. The van der Waals surface area contributed by atoms with E-state index in [1.54, 1.807) is 4.68 Å². The van der Waals surface area contributed by atoms with E-state index in [0.717, 1.165) is 17.8 Å². The predicted molar refractivity (Wildman–Crippen MR) is 83.8 cm³/mol. The van der Waals surface area contributed by atoms with Crippen LogP contribution in [0.3, 0.4) is 0 Å². The summed E-state index contributed by atoms with van der Waals surface area (Å²) in [6.07, 6.45) is 7.75. The second kappa shape index (κ2) is 7.96. The number of hydrogen-bond donors (Lipinski definition) is 2. The van der Waals surface area contributed by atoms with Crippen molar-refractivity contribution in [2.24, 2.45) is 5.92 Å². The number of nitrogens with one attached hydrogen (secondary N) is 2. The summed E-state index contributed by atoms with van der Waals surface area (Å²) in [7, 11) is 0. The van der Waals surface area contributed by atoms with Gasteiger partial charge in [0.2, 0.25) is 5.91 Å². The molecule has 1 aliphatic rings. The number of carbonyl (C=O) groups is 2. The Morgan fingerprint density at radius 2 is 1.86 bits per heavy atom. The molecule has 22 heavy (non-hydrogen) atoms. The normalized spacial score (nSPS) is 15.5. The van der Waals surface area contributed by atoms with Gasteiger partial charge in [-0.1, -0.05) is 32.1 Å². The fraction of sp³-hybridized carbons (Fsp3) is 0.688. The highest BCUT2D eigenvalue weighted by atomic mass is 16.2. The Labute approximate surface area is 131 Å². The van der Waals surface area contributed by atoms with Gasteiger partial charge in [-0.25, -0.2) is 0 Å². The van der Waals surface area contributed by atoms with Gasteiger partial charge in [0.1, 0.15) is 6.54 Å². The molecule has 0 atom stereocenters. The van der Waals surface area contributed by atoms with Crippen molar-refractivity contribution in [1.29, 1.82) is 0 Å². The largest absolute Gasteiger partial charge is 0.273 e. The van der Waals surface area contributed by atoms with Gasteiger partial charge < -0.3 is 0 Å². The first-order valence-corrected chi connectivity index (χ1v) is 8.13. The summed E-state index contributed by atoms with van der Waals surface area (Å²) in [5.41, 5.74) is 6.75. The summed E-state index contributed by atoms with van der Waals surface area (Å²) < 4.78 is 1.62. The maximum absolute atomic E-state index is 11.8. The molecule has 2 N–H and O–H groups in total. The second-order valence-corrected chi connectivity index (χ2v) is 6.22. The van der Waals surface area contributed by atoms with Gasteiger partial charge in [0.25, 0.3) is 5.91 Å². The SMILES string of the molecule is Cc1cc(C)n(CC(=O)NNC(=O)CCC2CCCCC2)n1. The molecule has 0 spiro atoms. The van der Waals surface area contributed by atoms with Crippen LogP contribution in [-0.2, 0) is 16.1 Å². The van der Waals surface area contributed by atoms with E-state index in [2.05, 4.69) is 16.0 Å². The highest BCUT2D eigenvalue weighted by molar-refractivity contribution is 5.81. The molecule has 1 heterocycles. The maximum Gasteiger partial charge on any atom is 0.260 e. The Morgan fingerprint density at radius 3 is 2.50 bits per heavy atom. The average Bonchev–Trinajstić information content (AvgIpc) is 2.82. The summed E-state index contributed by atoms with van der Waals surface area (Å²) in [5, 5.41) is 4.22. The number of amides is 2. The third-order valence-electron chi connectivity index (χ3n) is 4.24. The van der Waals surface area contributed by atoms with Crippen LogP contribution < -0.4 is 10.9 Å². The number of aromatic nitrogens is 2. The van der Waals surface area contributed by atoms with Gasteiger partial charge in [-0.05, 0) is 32.3 Å². The van der Waals surface area contributed by atoms with E-state index in [1.165, 1.54) is 32.1 Å². The summed E-state index contributed by atoms with van der Waals surface area (Å²) >= 11 is 0. The fourth-order valence-electron chi connectivity index (χ4n) is 3.02. The predicted octanol–water partition coefficient (Wildman–Crippen LogP) is 2.01. The molecule has 6 nitrogen and oxygen atoms in total. The lowest BCUT2D eigenvalue weighted by atomic mass is 9.86. The van der Waals surface area contributed by atoms with Crippen molar-refractivity contribution < 1.29 is 9.59 Å². The van der Waals surface area contributed by atoms with E-state index in [0.29, 0.717) is 12.3 Å². The Kier molecular flexibility index (Phi) is 5.98. The van der Waals surface area contributed by atoms with Gasteiger partial charge in [0.05, 0.1) is 5.69 Å². The highest BCUT2D eigenvalue weighted by Crippen LogP contribution is 2.27. The molecule has 0 bridgehead atoms. The number of nitrogens with zero attached hydrogens (tertiary/aromatic N) is 2. The third-order valence-corrected chi connectivity index (χ3v) is 4.24. The van der Waals surface area contributed by atoms with Crippen molar-refractivity contribution in [2.75, 3.05) is 0 Å². The van der Waals surface area contributed by atoms with Crippen LogP contribution in [-0.4, -0.2) is 21.6 Å². The summed E-state index contributed by atoms with van der Waals surface area (Å²) in [4.78, 5) is 23.6. The van der Waals surface area contributed by atoms with Crippen LogP contribution in [0.2, 0.25) is 0 Å². The fourth-order valence-corrected chi connectivity index (χ4v) is 3.02. The topological polar surface area (TPSA) is 76.0 Å². The van der Waals surface area contributed by atoms with Crippen molar-refractivity contribution in [1.82, 2.24) is 20.6 Å². The zero-order valence-electron chi connectivity index (χ0n) is 13.5. The number of aryl methyl sites for hydroxylation is 2. The first kappa shape index (κ1) is 16.5. The summed E-state index contributed by atoms with van der Waals surface area (Å²) in [5.74, 6) is 0.286. The molecule has 1 aromatic rings. The Bertz CT molecular complexity index is 518. The van der Waals surface area contributed by atoms with Crippen LogP contribution in [0.15, 0.2) is 6.07 Å². The molecule has 0 radical (unpaired) electrons. The van der Waals surface area contributed by atoms with E-state index < -0.39 is 0 Å². The minimum Gasteiger partial charge on any atom is -0.273 e. The summed E-state index contributed by atoms with van der Waals surface area (Å²) in [6.45, 7) is 3.90. The minimum atomic E-state index is -0.266. The molecule has 0 unspecified atom stereocenters. The van der Waals surface area contributed by atoms with Crippen LogP contribution >= 0.6 is 0 Å². The van der Waals surface area contributed by atoms with E-state index in [4.69, 9.17) is 0 Å². The molecule has 1 fully saturated rings. The number of rotatable bonds is 5. The molecule has 1 aromatic heterocycles.